The first-order valence-corrected chi connectivity index (χ1v) is 5.06. The Bertz CT molecular complexity index is 259. The van der Waals surface area contributed by atoms with E-state index in [1.165, 1.54) is 0 Å². The SMILES string of the molecule is CCOC(=O)CC(N)c1cccs1. The number of ether oxygens (including phenoxy) is 1. The van der Waals surface area contributed by atoms with E-state index in [0.717, 1.165) is 4.88 Å². The fraction of sp³-hybridized carbons (Fsp3) is 0.444. The van der Waals surface area contributed by atoms with E-state index in [1.54, 1.807) is 18.3 Å². The third-order valence-corrected chi connectivity index (χ3v) is 2.60. The normalized spacial score (nSPS) is 12.5. The number of hydrogen-bond donors (Lipinski definition) is 1. The Morgan fingerprint density at radius 2 is 2.54 bits per heavy atom. The highest BCUT2D eigenvalue weighted by atomic mass is 32.1. The maximum atomic E-state index is 11.1. The van der Waals surface area contributed by atoms with Crippen molar-refractivity contribution in [2.75, 3.05) is 6.61 Å². The molecule has 1 aromatic heterocycles. The van der Waals surface area contributed by atoms with Crippen LogP contribution in [-0.2, 0) is 9.53 Å². The Morgan fingerprint density at radius 1 is 1.77 bits per heavy atom. The van der Waals surface area contributed by atoms with E-state index in [1.807, 2.05) is 17.5 Å². The second kappa shape index (κ2) is 4.99. The number of carbonyl (C=O) groups excluding carboxylic acids is 1. The summed E-state index contributed by atoms with van der Waals surface area (Å²) in [6.07, 6.45) is 0.258. The first-order chi connectivity index (χ1) is 6.24. The maximum absolute atomic E-state index is 11.1. The van der Waals surface area contributed by atoms with Gasteiger partial charge in [0.2, 0.25) is 0 Å². The second-order valence-corrected chi connectivity index (χ2v) is 3.61. The Morgan fingerprint density at radius 3 is 3.08 bits per heavy atom. The highest BCUT2D eigenvalue weighted by molar-refractivity contribution is 7.10. The van der Waals surface area contributed by atoms with Gasteiger partial charge in [-0.25, -0.2) is 0 Å². The lowest BCUT2D eigenvalue weighted by Gasteiger charge is -2.07. The first-order valence-electron chi connectivity index (χ1n) is 4.18. The molecule has 1 aromatic rings. The van der Waals surface area contributed by atoms with Crippen LogP contribution in [0.15, 0.2) is 17.5 Å². The van der Waals surface area contributed by atoms with Gasteiger partial charge >= 0.3 is 5.97 Å². The van der Waals surface area contributed by atoms with E-state index in [-0.39, 0.29) is 18.4 Å². The molecule has 0 radical (unpaired) electrons. The van der Waals surface area contributed by atoms with Gasteiger partial charge in [-0.05, 0) is 18.4 Å². The number of hydrogen-bond acceptors (Lipinski definition) is 4. The fourth-order valence-corrected chi connectivity index (χ4v) is 1.73. The summed E-state index contributed by atoms with van der Waals surface area (Å²) < 4.78 is 4.80. The lowest BCUT2D eigenvalue weighted by atomic mass is 10.2. The lowest BCUT2D eigenvalue weighted by Crippen LogP contribution is -2.16. The van der Waals surface area contributed by atoms with Crippen molar-refractivity contribution < 1.29 is 9.53 Å². The number of thiophene rings is 1. The van der Waals surface area contributed by atoms with Crippen LogP contribution in [0.1, 0.15) is 24.3 Å². The van der Waals surface area contributed by atoms with Gasteiger partial charge in [0.1, 0.15) is 0 Å². The average Bonchev–Trinajstić information content (AvgIpc) is 2.55. The van der Waals surface area contributed by atoms with Crippen molar-refractivity contribution in [2.45, 2.75) is 19.4 Å². The highest BCUT2D eigenvalue weighted by Gasteiger charge is 2.12. The molecule has 0 saturated carbocycles. The van der Waals surface area contributed by atoms with Gasteiger partial charge in [0.05, 0.1) is 13.0 Å². The zero-order valence-corrected chi connectivity index (χ0v) is 8.34. The minimum Gasteiger partial charge on any atom is -0.466 e. The summed E-state index contributed by atoms with van der Waals surface area (Å²) in [4.78, 5) is 12.1. The molecule has 2 N–H and O–H groups in total. The van der Waals surface area contributed by atoms with Crippen LogP contribution >= 0.6 is 11.3 Å². The molecule has 1 unspecified atom stereocenters. The van der Waals surface area contributed by atoms with Crippen molar-refractivity contribution in [3.05, 3.63) is 22.4 Å². The van der Waals surface area contributed by atoms with Crippen LogP contribution in [0.5, 0.6) is 0 Å². The van der Waals surface area contributed by atoms with Crippen molar-refractivity contribution in [3.63, 3.8) is 0 Å². The summed E-state index contributed by atoms with van der Waals surface area (Å²) in [6, 6.07) is 3.62. The van der Waals surface area contributed by atoms with E-state index in [0.29, 0.717) is 6.61 Å². The lowest BCUT2D eigenvalue weighted by molar-refractivity contribution is -0.143. The van der Waals surface area contributed by atoms with Crippen molar-refractivity contribution in [2.24, 2.45) is 5.73 Å². The molecule has 0 spiro atoms. The average molecular weight is 199 g/mol. The monoisotopic (exact) mass is 199 g/mol. The van der Waals surface area contributed by atoms with E-state index in [4.69, 9.17) is 10.5 Å². The molecule has 13 heavy (non-hydrogen) atoms. The van der Waals surface area contributed by atoms with Gasteiger partial charge in [-0.15, -0.1) is 11.3 Å². The van der Waals surface area contributed by atoms with Gasteiger partial charge in [0.15, 0.2) is 0 Å². The molecule has 4 heteroatoms. The number of esters is 1. The highest BCUT2D eigenvalue weighted by Crippen LogP contribution is 2.19. The molecule has 1 atom stereocenters. The molecule has 0 aliphatic heterocycles. The topological polar surface area (TPSA) is 52.3 Å². The standard InChI is InChI=1S/C9H13NO2S/c1-2-12-9(11)6-7(10)8-4-3-5-13-8/h3-5,7H,2,6,10H2,1H3. The number of carbonyl (C=O) groups is 1. The summed E-state index contributed by atoms with van der Waals surface area (Å²) >= 11 is 1.56. The Labute approximate surface area is 81.5 Å². The predicted octanol–water partition coefficient (Wildman–Crippen LogP) is 1.70. The third-order valence-electron chi connectivity index (χ3n) is 1.60. The predicted molar refractivity (Wildman–Crippen MR) is 52.5 cm³/mol. The van der Waals surface area contributed by atoms with E-state index >= 15 is 0 Å². The van der Waals surface area contributed by atoms with Gasteiger partial charge in [0.25, 0.3) is 0 Å². The smallest absolute Gasteiger partial charge is 0.307 e. The molecule has 0 saturated heterocycles. The molecule has 0 aliphatic rings. The van der Waals surface area contributed by atoms with Gasteiger partial charge < -0.3 is 10.5 Å². The van der Waals surface area contributed by atoms with Gasteiger partial charge in [-0.3, -0.25) is 4.79 Å². The van der Waals surface area contributed by atoms with Crippen molar-refractivity contribution in [1.82, 2.24) is 0 Å². The molecule has 0 fully saturated rings. The molecule has 0 bridgehead atoms. The Balaban J connectivity index is 2.42. The van der Waals surface area contributed by atoms with Crippen LogP contribution in [-0.4, -0.2) is 12.6 Å². The fourth-order valence-electron chi connectivity index (χ4n) is 1.00. The minimum absolute atomic E-state index is 0.223. The van der Waals surface area contributed by atoms with Gasteiger partial charge in [0, 0.05) is 10.9 Å². The van der Waals surface area contributed by atoms with Crippen molar-refractivity contribution in [1.29, 1.82) is 0 Å². The Kier molecular flexibility index (Phi) is 3.92. The summed E-state index contributed by atoms with van der Waals surface area (Å²) in [5.74, 6) is -0.233. The number of rotatable bonds is 4. The van der Waals surface area contributed by atoms with E-state index in [2.05, 4.69) is 0 Å². The molecule has 72 valence electrons. The van der Waals surface area contributed by atoms with Crippen molar-refractivity contribution >= 4 is 17.3 Å². The third kappa shape index (κ3) is 3.16. The maximum Gasteiger partial charge on any atom is 0.307 e. The van der Waals surface area contributed by atoms with Gasteiger partial charge in [-0.2, -0.15) is 0 Å². The summed E-state index contributed by atoms with van der Waals surface area (Å²) in [6.45, 7) is 2.20. The van der Waals surface area contributed by atoms with Gasteiger partial charge in [-0.1, -0.05) is 6.07 Å². The zero-order valence-electron chi connectivity index (χ0n) is 7.53. The van der Waals surface area contributed by atoms with Crippen LogP contribution in [0.2, 0.25) is 0 Å². The summed E-state index contributed by atoms with van der Waals surface area (Å²) in [5, 5.41) is 1.94. The van der Waals surface area contributed by atoms with E-state index in [9.17, 15) is 4.79 Å². The molecule has 3 nitrogen and oxygen atoms in total. The molecule has 1 heterocycles. The molecule has 0 aromatic carbocycles. The van der Waals surface area contributed by atoms with Crippen LogP contribution < -0.4 is 5.73 Å². The Hall–Kier alpha value is -0.870. The van der Waals surface area contributed by atoms with Crippen LogP contribution in [0.4, 0.5) is 0 Å². The number of nitrogens with two attached hydrogens (primary N) is 1. The van der Waals surface area contributed by atoms with Crippen LogP contribution in [0.3, 0.4) is 0 Å². The van der Waals surface area contributed by atoms with Crippen molar-refractivity contribution in [3.8, 4) is 0 Å². The largest absolute Gasteiger partial charge is 0.466 e. The molecule has 1 rings (SSSR count). The molecule has 0 aliphatic carbocycles. The summed E-state index contributed by atoms with van der Waals surface area (Å²) in [5.41, 5.74) is 5.78. The molecular formula is C9H13NO2S. The second-order valence-electron chi connectivity index (χ2n) is 2.63. The molecular weight excluding hydrogens is 186 g/mol. The first kappa shape index (κ1) is 10.2. The summed E-state index contributed by atoms with van der Waals surface area (Å²) in [7, 11) is 0. The van der Waals surface area contributed by atoms with Crippen LogP contribution in [0.25, 0.3) is 0 Å². The van der Waals surface area contributed by atoms with Crippen LogP contribution in [0, 0.1) is 0 Å². The zero-order chi connectivity index (χ0) is 9.68. The molecule has 0 amide bonds. The minimum atomic E-state index is -0.233. The van der Waals surface area contributed by atoms with E-state index < -0.39 is 0 Å². The quantitative estimate of drug-likeness (QED) is 0.751.